The Labute approximate surface area is 136 Å². The summed E-state index contributed by atoms with van der Waals surface area (Å²) in [5.41, 5.74) is 0. The van der Waals surface area contributed by atoms with Gasteiger partial charge in [0.15, 0.2) is 0 Å². The third-order valence-electron chi connectivity index (χ3n) is 0. The Balaban J connectivity index is -0.0000000257. The Morgan fingerprint density at radius 3 is 0.444 bits per heavy atom. The van der Waals surface area contributed by atoms with Crippen LogP contribution in [-0.2, 0) is 0 Å². The van der Waals surface area contributed by atoms with Crippen molar-refractivity contribution < 1.29 is 20.4 Å². The number of rotatable bonds is 0. The summed E-state index contributed by atoms with van der Waals surface area (Å²) in [6.07, 6.45) is -0.667. The van der Waals surface area contributed by atoms with Crippen LogP contribution in [0, 0.1) is 0 Å². The second-order valence-electron chi connectivity index (χ2n) is 4.37. The summed E-state index contributed by atoms with van der Waals surface area (Å²) in [6.45, 7) is 13.8. The standard InChI is InChI=1S/4C3H8O.ClH.Sn.2H/c4*1-3(2)4;;;;/h4*3-4H,1-2H3;1H;;;. The van der Waals surface area contributed by atoms with E-state index in [1.165, 1.54) is 0 Å². The molecule has 0 unspecified atom stereocenters. The molecule has 0 atom stereocenters. The molecular formula is C12H35ClO4Sn. The van der Waals surface area contributed by atoms with Gasteiger partial charge in [-0.15, -0.1) is 12.4 Å². The zero-order valence-corrected chi connectivity index (χ0v) is 18.1. The fraction of sp³-hybridized carbons (Fsp3) is 1.00. The SMILES string of the molecule is CC(C)O.CC(C)O.CC(C)O.CC(C)O.Cl.[SnH2]. The summed E-state index contributed by atoms with van der Waals surface area (Å²) < 4.78 is 0. The van der Waals surface area contributed by atoms with Crippen LogP contribution < -0.4 is 0 Å². The maximum atomic E-state index is 8.06. The molecule has 6 heteroatoms. The van der Waals surface area contributed by atoms with Crippen LogP contribution in [0.15, 0.2) is 0 Å². The molecule has 0 aliphatic rings. The van der Waals surface area contributed by atoms with Crippen LogP contribution in [0.4, 0.5) is 0 Å². The minimum atomic E-state index is -0.167. The van der Waals surface area contributed by atoms with E-state index in [0.29, 0.717) is 0 Å². The minimum absolute atomic E-state index is 0. The van der Waals surface area contributed by atoms with Gasteiger partial charge >= 0.3 is 23.9 Å². The topological polar surface area (TPSA) is 80.9 Å². The van der Waals surface area contributed by atoms with Gasteiger partial charge in [-0.2, -0.15) is 0 Å². The Bertz CT molecular complexity index is 67.1. The number of halogens is 1. The average molecular weight is 398 g/mol. The van der Waals surface area contributed by atoms with Gasteiger partial charge in [-0.1, -0.05) is 0 Å². The molecule has 4 N–H and O–H groups in total. The first kappa shape index (κ1) is 36.4. The van der Waals surface area contributed by atoms with E-state index in [1.54, 1.807) is 55.4 Å². The number of aliphatic hydroxyl groups excluding tert-OH is 4. The summed E-state index contributed by atoms with van der Waals surface area (Å²) in [4.78, 5) is 0. The van der Waals surface area contributed by atoms with Crippen molar-refractivity contribution in [2.75, 3.05) is 0 Å². The first-order chi connectivity index (χ1) is 6.93. The number of hydrogen-bond acceptors (Lipinski definition) is 4. The van der Waals surface area contributed by atoms with E-state index in [9.17, 15) is 0 Å². The van der Waals surface area contributed by atoms with Crippen LogP contribution in [0.1, 0.15) is 55.4 Å². The quantitative estimate of drug-likeness (QED) is 0.461. The molecule has 0 saturated heterocycles. The van der Waals surface area contributed by atoms with Gasteiger partial charge in [0.25, 0.3) is 0 Å². The second-order valence-corrected chi connectivity index (χ2v) is 4.37. The van der Waals surface area contributed by atoms with Crippen LogP contribution in [0.25, 0.3) is 0 Å². The monoisotopic (exact) mass is 398 g/mol. The molecule has 0 aliphatic heterocycles. The van der Waals surface area contributed by atoms with Gasteiger partial charge in [-0.25, -0.2) is 0 Å². The van der Waals surface area contributed by atoms with E-state index in [-0.39, 0.29) is 60.7 Å². The van der Waals surface area contributed by atoms with Crippen molar-refractivity contribution in [3.05, 3.63) is 0 Å². The molecule has 0 aromatic carbocycles. The summed E-state index contributed by atoms with van der Waals surface area (Å²) in [5, 5.41) is 32.2. The van der Waals surface area contributed by atoms with Crippen LogP contribution in [-0.4, -0.2) is 68.7 Å². The Morgan fingerprint density at radius 1 is 0.444 bits per heavy atom. The molecule has 0 aromatic heterocycles. The molecule has 0 heterocycles. The van der Waals surface area contributed by atoms with Gasteiger partial charge in [0.2, 0.25) is 0 Å². The molecule has 0 rings (SSSR count). The van der Waals surface area contributed by atoms with E-state index in [2.05, 4.69) is 0 Å². The van der Waals surface area contributed by atoms with Crippen molar-refractivity contribution in [1.29, 1.82) is 0 Å². The van der Waals surface area contributed by atoms with Gasteiger partial charge in [0, 0.05) is 24.4 Å². The predicted octanol–water partition coefficient (Wildman–Crippen LogP) is 1.05. The first-order valence-electron chi connectivity index (χ1n) is 5.65. The predicted molar refractivity (Wildman–Crippen MR) is 85.2 cm³/mol. The van der Waals surface area contributed by atoms with Gasteiger partial charge < -0.3 is 20.4 Å². The van der Waals surface area contributed by atoms with Crippen LogP contribution in [0.5, 0.6) is 0 Å². The average Bonchev–Trinajstić information content (AvgIpc) is 1.76. The Hall–Kier alpha value is 0.929. The summed E-state index contributed by atoms with van der Waals surface area (Å²) in [6, 6.07) is 0. The van der Waals surface area contributed by atoms with Crippen molar-refractivity contribution in [1.82, 2.24) is 0 Å². The summed E-state index contributed by atoms with van der Waals surface area (Å²) in [7, 11) is 0. The van der Waals surface area contributed by atoms with E-state index < -0.39 is 0 Å². The molecule has 0 fully saturated rings. The van der Waals surface area contributed by atoms with Gasteiger partial charge in [0.1, 0.15) is 0 Å². The summed E-state index contributed by atoms with van der Waals surface area (Å²) in [5.74, 6) is 0. The molecule has 18 heavy (non-hydrogen) atoms. The molecule has 4 nitrogen and oxygen atoms in total. The first-order valence-corrected chi connectivity index (χ1v) is 5.65. The Morgan fingerprint density at radius 2 is 0.444 bits per heavy atom. The zero-order valence-electron chi connectivity index (χ0n) is 13.2. The normalized spacial score (nSPS) is 8.00. The van der Waals surface area contributed by atoms with Crippen molar-refractivity contribution >= 4 is 36.3 Å². The van der Waals surface area contributed by atoms with Crippen molar-refractivity contribution in [2.45, 2.75) is 79.8 Å². The third-order valence-corrected chi connectivity index (χ3v) is 0. The molecule has 0 amide bonds. The molecular weight excluding hydrogens is 362 g/mol. The van der Waals surface area contributed by atoms with Crippen molar-refractivity contribution in [2.24, 2.45) is 0 Å². The fourth-order valence-electron chi connectivity index (χ4n) is 0. The van der Waals surface area contributed by atoms with E-state index in [0.717, 1.165) is 0 Å². The van der Waals surface area contributed by atoms with Crippen LogP contribution in [0.2, 0.25) is 0 Å². The van der Waals surface area contributed by atoms with Crippen molar-refractivity contribution in [3.63, 3.8) is 0 Å². The van der Waals surface area contributed by atoms with E-state index in [1.807, 2.05) is 0 Å². The zero-order chi connectivity index (χ0) is 14.3. The molecule has 0 aliphatic carbocycles. The second kappa shape index (κ2) is 30.7. The van der Waals surface area contributed by atoms with Gasteiger partial charge in [0.05, 0.1) is 0 Å². The maximum absolute atomic E-state index is 8.06. The van der Waals surface area contributed by atoms with E-state index >= 15 is 0 Å². The molecule has 2 radical (unpaired) electrons. The number of hydrogen-bond donors (Lipinski definition) is 4. The molecule has 0 bridgehead atoms. The van der Waals surface area contributed by atoms with Gasteiger partial charge in [-0.3, -0.25) is 0 Å². The number of aliphatic hydroxyl groups is 4. The van der Waals surface area contributed by atoms with Crippen molar-refractivity contribution in [3.8, 4) is 0 Å². The van der Waals surface area contributed by atoms with E-state index in [4.69, 9.17) is 20.4 Å². The third kappa shape index (κ3) is 4980. The van der Waals surface area contributed by atoms with Crippen LogP contribution in [0.3, 0.4) is 0 Å². The fourth-order valence-corrected chi connectivity index (χ4v) is 0. The molecule has 118 valence electrons. The molecule has 0 spiro atoms. The molecule has 0 aromatic rings. The Kier molecular flexibility index (Phi) is 62.2. The van der Waals surface area contributed by atoms with Crippen LogP contribution >= 0.6 is 12.4 Å². The van der Waals surface area contributed by atoms with Gasteiger partial charge in [-0.05, 0) is 55.4 Å². The molecule has 0 saturated carbocycles. The summed E-state index contributed by atoms with van der Waals surface area (Å²) >= 11 is 0.